The van der Waals surface area contributed by atoms with Crippen molar-refractivity contribution in [3.05, 3.63) is 65.2 Å². The molecule has 0 bridgehead atoms. The Morgan fingerprint density at radius 3 is 2.45 bits per heavy atom. The summed E-state index contributed by atoms with van der Waals surface area (Å²) in [6.07, 6.45) is 0.909. The normalized spacial score (nSPS) is 11.7. The molecule has 1 N–H and O–H groups in total. The fourth-order valence-electron chi connectivity index (χ4n) is 2.93. The van der Waals surface area contributed by atoms with Crippen molar-refractivity contribution in [2.45, 2.75) is 25.1 Å². The average molecular weight is 477 g/mol. The molecule has 0 spiro atoms. The molecule has 3 aromatic rings. The van der Waals surface area contributed by atoms with Gasteiger partial charge in [0.1, 0.15) is 10.4 Å². The Morgan fingerprint density at radius 2 is 1.77 bits per heavy atom. The van der Waals surface area contributed by atoms with Gasteiger partial charge in [0.05, 0.1) is 0 Å². The first-order valence-electron chi connectivity index (χ1n) is 9.85. The van der Waals surface area contributed by atoms with E-state index in [1.165, 1.54) is 11.3 Å². The first kappa shape index (κ1) is 23.2. The molecule has 1 atom stereocenters. The fourth-order valence-corrected chi connectivity index (χ4v) is 4.10. The lowest BCUT2D eigenvalue weighted by Crippen LogP contribution is -2.36. The molecular weight excluding hydrogens is 455 g/mol. The van der Waals surface area contributed by atoms with E-state index in [9.17, 15) is 9.59 Å². The molecule has 0 radical (unpaired) electrons. The number of nitrogens with zero attached hydrogens (tertiary/aromatic N) is 3. The summed E-state index contributed by atoms with van der Waals surface area (Å²) in [6, 6.07) is 16.4. The Kier molecular flexibility index (Phi) is 8.40. The summed E-state index contributed by atoms with van der Waals surface area (Å²) in [4.78, 5) is 26.9. The minimum Gasteiger partial charge on any atom is -0.341 e. The molecule has 9 heteroatoms. The second-order valence-corrected chi connectivity index (χ2v) is 8.67. The van der Waals surface area contributed by atoms with Gasteiger partial charge in [-0.3, -0.25) is 9.59 Å². The summed E-state index contributed by atoms with van der Waals surface area (Å²) in [5.41, 5.74) is 1.61. The maximum atomic E-state index is 12.8. The molecule has 0 saturated carbocycles. The molecule has 0 fully saturated rings. The Morgan fingerprint density at radius 1 is 1.06 bits per heavy atom. The third kappa shape index (κ3) is 6.50. The van der Waals surface area contributed by atoms with Gasteiger partial charge in [-0.25, -0.2) is 0 Å². The van der Waals surface area contributed by atoms with Gasteiger partial charge in [-0.05, 0) is 24.1 Å². The van der Waals surface area contributed by atoms with Gasteiger partial charge in [0.2, 0.25) is 16.9 Å². The van der Waals surface area contributed by atoms with Crippen molar-refractivity contribution in [3.8, 4) is 10.6 Å². The molecule has 6 nitrogen and oxygen atoms in total. The van der Waals surface area contributed by atoms with E-state index in [0.717, 1.165) is 17.5 Å². The van der Waals surface area contributed by atoms with Crippen molar-refractivity contribution in [3.63, 3.8) is 0 Å². The molecule has 162 valence electrons. The van der Waals surface area contributed by atoms with Crippen LogP contribution in [0.1, 0.15) is 30.7 Å². The number of halogens is 2. The van der Waals surface area contributed by atoms with Gasteiger partial charge in [0, 0.05) is 30.1 Å². The number of carbonyl (C=O) groups is 2. The predicted octanol–water partition coefficient (Wildman–Crippen LogP) is 5.41. The van der Waals surface area contributed by atoms with E-state index in [1.54, 1.807) is 17.0 Å². The first-order valence-corrected chi connectivity index (χ1v) is 11.5. The Labute approximate surface area is 195 Å². The molecule has 0 aliphatic heterocycles. The van der Waals surface area contributed by atoms with E-state index < -0.39 is 5.38 Å². The quantitative estimate of drug-likeness (QED) is 0.419. The maximum Gasteiger partial charge on any atom is 0.245 e. The van der Waals surface area contributed by atoms with Crippen LogP contribution in [-0.4, -0.2) is 40.0 Å². The van der Waals surface area contributed by atoms with E-state index >= 15 is 0 Å². The number of aromatic nitrogens is 2. The Balaban J connectivity index is 1.56. The van der Waals surface area contributed by atoms with Crippen LogP contribution >= 0.6 is 34.5 Å². The molecule has 3 rings (SSSR count). The molecule has 0 aliphatic rings. The summed E-state index contributed by atoms with van der Waals surface area (Å²) >= 11 is 13.6. The molecular formula is C22H22Cl2N4O2S. The molecule has 1 unspecified atom stereocenters. The number of anilines is 1. The topological polar surface area (TPSA) is 75.2 Å². The van der Waals surface area contributed by atoms with Crippen LogP contribution in [-0.2, 0) is 9.59 Å². The minimum absolute atomic E-state index is 0.139. The van der Waals surface area contributed by atoms with Gasteiger partial charge in [-0.2, -0.15) is 0 Å². The van der Waals surface area contributed by atoms with E-state index in [2.05, 4.69) is 15.5 Å². The predicted molar refractivity (Wildman–Crippen MR) is 126 cm³/mol. The highest BCUT2D eigenvalue weighted by Gasteiger charge is 2.24. The van der Waals surface area contributed by atoms with Gasteiger partial charge in [0.15, 0.2) is 0 Å². The van der Waals surface area contributed by atoms with Crippen molar-refractivity contribution in [1.82, 2.24) is 15.1 Å². The molecule has 2 aromatic carbocycles. The van der Waals surface area contributed by atoms with E-state index in [1.807, 2.05) is 49.4 Å². The summed E-state index contributed by atoms with van der Waals surface area (Å²) in [6.45, 7) is 2.78. The molecule has 1 aromatic heterocycles. The number of hydrogen-bond acceptors (Lipinski definition) is 5. The smallest absolute Gasteiger partial charge is 0.245 e. The number of benzene rings is 2. The van der Waals surface area contributed by atoms with Crippen LogP contribution in [0.4, 0.5) is 5.13 Å². The van der Waals surface area contributed by atoms with Crippen LogP contribution in [0.3, 0.4) is 0 Å². The highest BCUT2D eigenvalue weighted by atomic mass is 35.5. The SMILES string of the molecule is CCCN(CCC(=O)Nc1nnc(-c2ccc(Cl)cc2)s1)C(=O)C(Cl)c1ccccc1. The van der Waals surface area contributed by atoms with Crippen LogP contribution in [0.25, 0.3) is 10.6 Å². The number of amides is 2. The van der Waals surface area contributed by atoms with Crippen molar-refractivity contribution in [1.29, 1.82) is 0 Å². The van der Waals surface area contributed by atoms with E-state index in [0.29, 0.717) is 21.7 Å². The average Bonchev–Trinajstić information content (AvgIpc) is 3.25. The second-order valence-electron chi connectivity index (χ2n) is 6.82. The van der Waals surface area contributed by atoms with Crippen molar-refractivity contribution >= 4 is 51.5 Å². The zero-order chi connectivity index (χ0) is 22.2. The molecule has 2 amide bonds. The highest BCUT2D eigenvalue weighted by Crippen LogP contribution is 2.27. The Hall–Kier alpha value is -2.48. The molecule has 1 heterocycles. The van der Waals surface area contributed by atoms with Crippen LogP contribution in [0, 0.1) is 0 Å². The van der Waals surface area contributed by atoms with Gasteiger partial charge < -0.3 is 10.2 Å². The van der Waals surface area contributed by atoms with Gasteiger partial charge in [-0.1, -0.05) is 72.3 Å². The monoisotopic (exact) mass is 476 g/mol. The zero-order valence-corrected chi connectivity index (χ0v) is 19.3. The number of nitrogens with one attached hydrogen (secondary N) is 1. The zero-order valence-electron chi connectivity index (χ0n) is 16.9. The lowest BCUT2D eigenvalue weighted by molar-refractivity contribution is -0.131. The molecule has 0 aliphatic carbocycles. The number of hydrogen-bond donors (Lipinski definition) is 1. The first-order chi connectivity index (χ1) is 15.0. The van der Waals surface area contributed by atoms with Crippen LogP contribution in [0.5, 0.6) is 0 Å². The third-order valence-electron chi connectivity index (χ3n) is 4.49. The fraction of sp³-hybridized carbons (Fsp3) is 0.273. The highest BCUT2D eigenvalue weighted by molar-refractivity contribution is 7.18. The summed E-state index contributed by atoms with van der Waals surface area (Å²) < 4.78 is 0. The van der Waals surface area contributed by atoms with E-state index in [4.69, 9.17) is 23.2 Å². The van der Waals surface area contributed by atoms with Crippen LogP contribution in [0.15, 0.2) is 54.6 Å². The standard InChI is InChI=1S/C22H22Cl2N4O2S/c1-2-13-28(21(30)19(24)15-6-4-3-5-7-15)14-12-18(29)25-22-27-26-20(31-22)16-8-10-17(23)11-9-16/h3-11,19H,2,12-14H2,1H3,(H,25,27,29). The number of rotatable bonds is 9. The minimum atomic E-state index is -0.777. The lowest BCUT2D eigenvalue weighted by atomic mass is 10.1. The van der Waals surface area contributed by atoms with Crippen LogP contribution in [0.2, 0.25) is 5.02 Å². The molecule has 0 saturated heterocycles. The van der Waals surface area contributed by atoms with Crippen molar-refractivity contribution in [2.24, 2.45) is 0 Å². The van der Waals surface area contributed by atoms with Crippen molar-refractivity contribution < 1.29 is 9.59 Å². The summed E-state index contributed by atoms with van der Waals surface area (Å²) in [7, 11) is 0. The number of carbonyl (C=O) groups excluding carboxylic acids is 2. The maximum absolute atomic E-state index is 12.8. The summed E-state index contributed by atoms with van der Waals surface area (Å²) in [5, 5.41) is 11.8. The summed E-state index contributed by atoms with van der Waals surface area (Å²) in [5.74, 6) is -0.443. The van der Waals surface area contributed by atoms with Gasteiger partial charge >= 0.3 is 0 Å². The third-order valence-corrected chi connectivity index (χ3v) is 6.06. The van der Waals surface area contributed by atoms with E-state index in [-0.39, 0.29) is 24.8 Å². The van der Waals surface area contributed by atoms with Crippen LogP contribution < -0.4 is 5.32 Å². The van der Waals surface area contributed by atoms with Gasteiger partial charge in [0.25, 0.3) is 0 Å². The van der Waals surface area contributed by atoms with Gasteiger partial charge in [-0.15, -0.1) is 21.8 Å². The number of alkyl halides is 1. The molecule has 31 heavy (non-hydrogen) atoms. The largest absolute Gasteiger partial charge is 0.341 e. The second kappa shape index (κ2) is 11.2. The van der Waals surface area contributed by atoms with Crippen molar-refractivity contribution in [2.75, 3.05) is 18.4 Å². The lowest BCUT2D eigenvalue weighted by Gasteiger charge is -2.24. The Bertz CT molecular complexity index is 1010.